The summed E-state index contributed by atoms with van der Waals surface area (Å²) in [5.41, 5.74) is 1.79. The van der Waals surface area contributed by atoms with Gasteiger partial charge in [-0.3, -0.25) is 10.1 Å². The van der Waals surface area contributed by atoms with Crippen LogP contribution in [0.2, 0.25) is 0 Å². The molecule has 6 nitrogen and oxygen atoms in total. The summed E-state index contributed by atoms with van der Waals surface area (Å²) in [4.78, 5) is 24.8. The number of pyridine rings is 1. The van der Waals surface area contributed by atoms with Gasteiger partial charge in [0.05, 0.1) is 25.4 Å². The Hall–Kier alpha value is -2.53. The van der Waals surface area contributed by atoms with E-state index in [1.54, 1.807) is 17.4 Å². The van der Waals surface area contributed by atoms with Gasteiger partial charge in [0, 0.05) is 6.07 Å². The standard InChI is InChI=1S/C19H10N4O2S4/c24-23(25)13-9-10-16(28-18-20-11-5-1-3-7-14(11)26-18)22-17(13)29-19-21-12-6-2-4-8-15(12)27-19/h1-10H. The lowest BCUT2D eigenvalue weighted by Gasteiger charge is -2.02. The number of aromatic nitrogens is 3. The first-order valence-electron chi connectivity index (χ1n) is 8.38. The van der Waals surface area contributed by atoms with Crippen molar-refractivity contribution >= 4 is 72.3 Å². The number of benzene rings is 2. The fourth-order valence-electron chi connectivity index (χ4n) is 2.65. The van der Waals surface area contributed by atoms with Gasteiger partial charge in [-0.2, -0.15) is 0 Å². The highest BCUT2D eigenvalue weighted by Crippen LogP contribution is 2.40. The lowest BCUT2D eigenvalue weighted by molar-refractivity contribution is -0.388. The molecule has 10 heteroatoms. The molecule has 0 N–H and O–H groups in total. The van der Waals surface area contributed by atoms with Crippen molar-refractivity contribution in [2.75, 3.05) is 0 Å². The van der Waals surface area contributed by atoms with Crippen LogP contribution in [0.1, 0.15) is 0 Å². The van der Waals surface area contributed by atoms with Crippen LogP contribution in [-0.4, -0.2) is 19.9 Å². The summed E-state index contributed by atoms with van der Waals surface area (Å²) in [6.07, 6.45) is 0. The van der Waals surface area contributed by atoms with Gasteiger partial charge in [-0.25, -0.2) is 15.0 Å². The first-order valence-corrected chi connectivity index (χ1v) is 11.6. The van der Waals surface area contributed by atoms with Gasteiger partial charge in [0.15, 0.2) is 13.7 Å². The van der Waals surface area contributed by atoms with Crippen LogP contribution in [0.25, 0.3) is 20.4 Å². The van der Waals surface area contributed by atoms with E-state index in [-0.39, 0.29) is 5.69 Å². The molecular weight excluding hydrogens is 445 g/mol. The highest BCUT2D eigenvalue weighted by molar-refractivity contribution is 8.01. The van der Waals surface area contributed by atoms with Crippen LogP contribution in [-0.2, 0) is 0 Å². The molecule has 0 radical (unpaired) electrons. The zero-order valence-electron chi connectivity index (χ0n) is 14.5. The highest BCUT2D eigenvalue weighted by Gasteiger charge is 2.20. The number of para-hydroxylation sites is 2. The minimum atomic E-state index is -0.408. The van der Waals surface area contributed by atoms with Gasteiger partial charge in [0.25, 0.3) is 0 Å². The lowest BCUT2D eigenvalue weighted by Crippen LogP contribution is -1.94. The van der Waals surface area contributed by atoms with E-state index in [4.69, 9.17) is 0 Å². The lowest BCUT2D eigenvalue weighted by atomic mass is 10.3. The summed E-state index contributed by atoms with van der Waals surface area (Å²) in [6, 6.07) is 18.9. The van der Waals surface area contributed by atoms with Crippen molar-refractivity contribution in [2.45, 2.75) is 18.7 Å². The Morgan fingerprint density at radius 1 is 0.759 bits per heavy atom. The Balaban J connectivity index is 1.48. The molecule has 5 rings (SSSR count). The summed E-state index contributed by atoms with van der Waals surface area (Å²) in [7, 11) is 0. The molecule has 142 valence electrons. The van der Waals surface area contributed by atoms with Gasteiger partial charge in [-0.15, -0.1) is 22.7 Å². The third-order valence-electron chi connectivity index (χ3n) is 3.94. The molecular formula is C19H10N4O2S4. The second-order valence-electron chi connectivity index (χ2n) is 5.83. The van der Waals surface area contributed by atoms with Gasteiger partial charge in [-0.1, -0.05) is 24.3 Å². The van der Waals surface area contributed by atoms with Crippen molar-refractivity contribution in [3.63, 3.8) is 0 Å². The van der Waals surface area contributed by atoms with E-state index in [1.165, 1.54) is 40.9 Å². The van der Waals surface area contributed by atoms with E-state index in [9.17, 15) is 10.1 Å². The van der Waals surface area contributed by atoms with Crippen molar-refractivity contribution in [1.82, 2.24) is 15.0 Å². The molecule has 0 amide bonds. The SMILES string of the molecule is O=[N+]([O-])c1ccc(Sc2nc3ccccc3s2)nc1Sc1nc2ccccc2s1. The molecule has 5 aromatic rings. The number of hydrogen-bond acceptors (Lipinski definition) is 9. The molecule has 0 atom stereocenters. The molecule has 0 fully saturated rings. The molecule has 3 aromatic heterocycles. The Kier molecular flexibility index (Phi) is 4.92. The molecule has 29 heavy (non-hydrogen) atoms. The van der Waals surface area contributed by atoms with Crippen LogP contribution in [0.3, 0.4) is 0 Å². The number of nitro groups is 1. The quantitative estimate of drug-likeness (QED) is 0.221. The number of fused-ring (bicyclic) bond motifs is 2. The molecule has 0 unspecified atom stereocenters. The van der Waals surface area contributed by atoms with Crippen molar-refractivity contribution < 1.29 is 4.92 Å². The molecule has 2 aromatic carbocycles. The van der Waals surface area contributed by atoms with Gasteiger partial charge in [0.1, 0.15) is 5.03 Å². The monoisotopic (exact) mass is 454 g/mol. The first-order chi connectivity index (χ1) is 14.2. The van der Waals surface area contributed by atoms with Gasteiger partial charge < -0.3 is 0 Å². The number of rotatable bonds is 5. The maximum Gasteiger partial charge on any atom is 0.301 e. The smallest absolute Gasteiger partial charge is 0.258 e. The molecule has 0 saturated heterocycles. The predicted octanol–water partition coefficient (Wildman–Crippen LogP) is 6.51. The number of hydrogen-bond donors (Lipinski definition) is 0. The summed E-state index contributed by atoms with van der Waals surface area (Å²) < 4.78 is 3.71. The minimum Gasteiger partial charge on any atom is -0.258 e. The number of thiazole rings is 2. The van der Waals surface area contributed by atoms with Crippen LogP contribution >= 0.6 is 46.2 Å². The Morgan fingerprint density at radius 3 is 1.93 bits per heavy atom. The maximum absolute atomic E-state index is 11.5. The van der Waals surface area contributed by atoms with Gasteiger partial charge in [-0.05, 0) is 53.9 Å². The van der Waals surface area contributed by atoms with Crippen molar-refractivity contribution in [3.8, 4) is 0 Å². The molecule has 0 aliphatic rings. The van der Waals surface area contributed by atoms with Crippen molar-refractivity contribution in [1.29, 1.82) is 0 Å². The first kappa shape index (κ1) is 18.5. The Labute approximate surface area is 181 Å². The summed E-state index contributed by atoms with van der Waals surface area (Å²) in [5.74, 6) is 0. The summed E-state index contributed by atoms with van der Waals surface area (Å²) in [5, 5.41) is 12.5. The van der Waals surface area contributed by atoms with Gasteiger partial charge >= 0.3 is 5.69 Å². The van der Waals surface area contributed by atoms with Crippen molar-refractivity contribution in [2.24, 2.45) is 0 Å². The van der Waals surface area contributed by atoms with Crippen LogP contribution in [0.4, 0.5) is 5.69 Å². The zero-order valence-corrected chi connectivity index (χ0v) is 17.8. The molecule has 0 aliphatic heterocycles. The van der Waals surface area contributed by atoms with E-state index in [1.807, 2.05) is 48.5 Å². The third kappa shape index (κ3) is 3.84. The highest BCUT2D eigenvalue weighted by atomic mass is 32.2. The largest absolute Gasteiger partial charge is 0.301 e. The summed E-state index contributed by atoms with van der Waals surface area (Å²) in [6.45, 7) is 0. The molecule has 0 bridgehead atoms. The number of nitrogens with zero attached hydrogens (tertiary/aromatic N) is 4. The van der Waals surface area contributed by atoms with Gasteiger partial charge in [0.2, 0.25) is 0 Å². The van der Waals surface area contributed by atoms with Crippen LogP contribution in [0.15, 0.2) is 79.4 Å². The Morgan fingerprint density at radius 2 is 1.34 bits per heavy atom. The minimum absolute atomic E-state index is 0.0251. The zero-order chi connectivity index (χ0) is 19.8. The van der Waals surface area contributed by atoms with E-state index in [0.717, 1.165) is 29.1 Å². The van der Waals surface area contributed by atoms with Crippen molar-refractivity contribution in [3.05, 3.63) is 70.8 Å². The second kappa shape index (κ2) is 7.71. The van der Waals surface area contributed by atoms with E-state index >= 15 is 0 Å². The average molecular weight is 455 g/mol. The van der Waals surface area contributed by atoms with Crippen LogP contribution < -0.4 is 0 Å². The predicted molar refractivity (Wildman–Crippen MR) is 118 cm³/mol. The topological polar surface area (TPSA) is 81.8 Å². The molecule has 0 aliphatic carbocycles. The second-order valence-corrected chi connectivity index (χ2v) is 10.4. The Bertz CT molecular complexity index is 1300. The fourth-order valence-corrected chi connectivity index (χ4v) is 6.76. The van der Waals surface area contributed by atoms with E-state index < -0.39 is 4.92 Å². The van der Waals surface area contributed by atoms with E-state index in [2.05, 4.69) is 15.0 Å². The molecule has 0 saturated carbocycles. The molecule has 0 spiro atoms. The normalized spacial score (nSPS) is 11.3. The third-order valence-corrected chi connectivity index (χ3v) is 8.06. The maximum atomic E-state index is 11.5. The fraction of sp³-hybridized carbons (Fsp3) is 0. The molecule has 3 heterocycles. The van der Waals surface area contributed by atoms with Crippen LogP contribution in [0, 0.1) is 10.1 Å². The summed E-state index contributed by atoms with van der Waals surface area (Å²) >= 11 is 5.70. The average Bonchev–Trinajstić information content (AvgIpc) is 3.30. The van der Waals surface area contributed by atoms with E-state index in [0.29, 0.717) is 10.1 Å². The van der Waals surface area contributed by atoms with Crippen LogP contribution in [0.5, 0.6) is 0 Å².